The second-order valence-electron chi connectivity index (χ2n) is 3.74. The molecule has 0 aliphatic rings. The third-order valence-corrected chi connectivity index (χ3v) is 3.21. The van der Waals surface area contributed by atoms with E-state index >= 15 is 0 Å². The van der Waals surface area contributed by atoms with Gasteiger partial charge < -0.3 is 4.90 Å². The minimum Gasteiger partial charge on any atom is -0.335 e. The van der Waals surface area contributed by atoms with E-state index in [0.717, 1.165) is 5.56 Å². The number of benzene rings is 1. The van der Waals surface area contributed by atoms with Crippen LogP contribution in [0.15, 0.2) is 29.2 Å². The lowest BCUT2D eigenvalue weighted by atomic mass is 10.2. The minimum absolute atomic E-state index is 0.0817. The van der Waals surface area contributed by atoms with E-state index in [9.17, 15) is 4.79 Å². The molecular formula is C11H13N5OS. The van der Waals surface area contributed by atoms with E-state index in [1.165, 1.54) is 4.90 Å². The van der Waals surface area contributed by atoms with Gasteiger partial charge in [0.2, 0.25) is 0 Å². The Kier molecular flexibility index (Phi) is 3.93. The van der Waals surface area contributed by atoms with E-state index < -0.39 is 0 Å². The van der Waals surface area contributed by atoms with Crippen molar-refractivity contribution in [1.29, 1.82) is 0 Å². The molecule has 7 heteroatoms. The summed E-state index contributed by atoms with van der Waals surface area (Å²) < 4.78 is 0. The Morgan fingerprint density at radius 2 is 2.11 bits per heavy atom. The van der Waals surface area contributed by atoms with Crippen molar-refractivity contribution in [3.63, 3.8) is 0 Å². The second-order valence-corrected chi connectivity index (χ2v) is 4.62. The van der Waals surface area contributed by atoms with E-state index in [1.54, 1.807) is 23.7 Å². The Morgan fingerprint density at radius 1 is 1.39 bits per heavy atom. The number of aromatic nitrogens is 4. The van der Waals surface area contributed by atoms with Crippen molar-refractivity contribution < 1.29 is 4.79 Å². The molecule has 0 aliphatic heterocycles. The summed E-state index contributed by atoms with van der Waals surface area (Å²) in [4.78, 5) is 14.6. The number of hydrogen-bond donors (Lipinski definition) is 1. The van der Waals surface area contributed by atoms with Gasteiger partial charge in [0, 0.05) is 18.5 Å². The Balaban J connectivity index is 2.02. The van der Waals surface area contributed by atoms with Gasteiger partial charge in [-0.25, -0.2) is 0 Å². The first-order chi connectivity index (χ1) is 8.70. The lowest BCUT2D eigenvalue weighted by molar-refractivity contribution is 0.0773. The van der Waals surface area contributed by atoms with Gasteiger partial charge in [0.25, 0.3) is 11.7 Å². The van der Waals surface area contributed by atoms with Crippen LogP contribution in [0.1, 0.15) is 16.2 Å². The number of aromatic amines is 1. The first-order valence-corrected chi connectivity index (χ1v) is 6.55. The molecule has 0 unspecified atom stereocenters. The second kappa shape index (κ2) is 5.63. The van der Waals surface area contributed by atoms with Gasteiger partial charge >= 0.3 is 0 Å². The maximum absolute atomic E-state index is 11.9. The molecule has 1 aromatic carbocycles. The van der Waals surface area contributed by atoms with Crippen LogP contribution in [0.3, 0.4) is 0 Å². The third kappa shape index (κ3) is 2.86. The number of nitrogens with one attached hydrogen (secondary N) is 1. The molecule has 0 fully saturated rings. The van der Waals surface area contributed by atoms with Crippen LogP contribution in [-0.2, 0) is 6.54 Å². The number of amides is 1. The van der Waals surface area contributed by atoms with Crippen LogP contribution in [0.4, 0.5) is 0 Å². The maximum Gasteiger partial charge on any atom is 0.295 e. The van der Waals surface area contributed by atoms with Crippen molar-refractivity contribution in [2.75, 3.05) is 13.3 Å². The molecule has 94 valence electrons. The Bertz CT molecular complexity index is 511. The number of hydrogen-bond acceptors (Lipinski definition) is 5. The molecular weight excluding hydrogens is 250 g/mol. The van der Waals surface area contributed by atoms with Crippen molar-refractivity contribution in [2.45, 2.75) is 11.4 Å². The fourth-order valence-electron chi connectivity index (χ4n) is 1.50. The number of rotatable bonds is 4. The summed E-state index contributed by atoms with van der Waals surface area (Å²) in [6.07, 6.45) is 2.03. The number of H-pyrrole nitrogens is 1. The molecule has 18 heavy (non-hydrogen) atoms. The zero-order valence-corrected chi connectivity index (χ0v) is 10.9. The number of thioether (sulfide) groups is 1. The third-order valence-electron chi connectivity index (χ3n) is 2.46. The molecule has 1 N–H and O–H groups in total. The molecule has 0 saturated carbocycles. The van der Waals surface area contributed by atoms with Crippen molar-refractivity contribution in [3.8, 4) is 0 Å². The van der Waals surface area contributed by atoms with Gasteiger partial charge in [-0.05, 0) is 29.2 Å². The van der Waals surface area contributed by atoms with Crippen molar-refractivity contribution in [2.24, 2.45) is 0 Å². The Morgan fingerprint density at radius 3 is 2.67 bits per heavy atom. The summed E-state index contributed by atoms with van der Waals surface area (Å²) in [7, 11) is 1.71. The van der Waals surface area contributed by atoms with Gasteiger partial charge in [-0.1, -0.05) is 12.1 Å². The highest BCUT2D eigenvalue weighted by atomic mass is 32.2. The van der Waals surface area contributed by atoms with Crippen molar-refractivity contribution >= 4 is 17.7 Å². The smallest absolute Gasteiger partial charge is 0.295 e. The molecule has 0 spiro atoms. The summed E-state index contributed by atoms with van der Waals surface area (Å²) in [5, 5.41) is 13.0. The van der Waals surface area contributed by atoms with Crippen LogP contribution < -0.4 is 0 Å². The molecule has 0 radical (unpaired) electrons. The monoisotopic (exact) mass is 263 g/mol. The summed E-state index contributed by atoms with van der Waals surface area (Å²) >= 11 is 1.69. The van der Waals surface area contributed by atoms with E-state index in [2.05, 4.69) is 20.6 Å². The fraction of sp³-hybridized carbons (Fsp3) is 0.273. The standard InChI is InChI=1S/C11H13N5OS/c1-16(11(17)10-12-14-15-13-10)7-8-3-5-9(18-2)6-4-8/h3-6H,7H2,1-2H3,(H,12,13,14,15). The van der Waals surface area contributed by atoms with Crippen LogP contribution in [0.2, 0.25) is 0 Å². The van der Waals surface area contributed by atoms with Crippen LogP contribution >= 0.6 is 11.8 Å². The normalized spacial score (nSPS) is 10.3. The molecule has 1 amide bonds. The highest BCUT2D eigenvalue weighted by Crippen LogP contribution is 2.15. The maximum atomic E-state index is 11.9. The van der Waals surface area contributed by atoms with Crippen LogP contribution in [0.5, 0.6) is 0 Å². The predicted octanol–water partition coefficient (Wildman–Crippen LogP) is 1.19. The van der Waals surface area contributed by atoms with Crippen molar-refractivity contribution in [3.05, 3.63) is 35.7 Å². The van der Waals surface area contributed by atoms with Gasteiger partial charge in [0.15, 0.2) is 0 Å². The summed E-state index contributed by atoms with van der Waals surface area (Å²) in [6, 6.07) is 8.08. The minimum atomic E-state index is -0.252. The number of nitrogens with zero attached hydrogens (tertiary/aromatic N) is 4. The van der Waals surface area contributed by atoms with Crippen molar-refractivity contribution in [1.82, 2.24) is 25.5 Å². The van der Waals surface area contributed by atoms with E-state index in [-0.39, 0.29) is 11.7 Å². The van der Waals surface area contributed by atoms with E-state index in [1.807, 2.05) is 30.5 Å². The number of tetrazole rings is 1. The highest BCUT2D eigenvalue weighted by Gasteiger charge is 2.16. The first kappa shape index (κ1) is 12.6. The summed E-state index contributed by atoms with van der Waals surface area (Å²) in [5.41, 5.74) is 1.06. The quantitative estimate of drug-likeness (QED) is 0.839. The van der Waals surface area contributed by atoms with Gasteiger partial charge in [-0.15, -0.1) is 22.0 Å². The van der Waals surface area contributed by atoms with Crippen LogP contribution in [-0.4, -0.2) is 44.7 Å². The highest BCUT2D eigenvalue weighted by molar-refractivity contribution is 7.98. The molecule has 0 bridgehead atoms. The van der Waals surface area contributed by atoms with Gasteiger partial charge in [0.05, 0.1) is 0 Å². The first-order valence-electron chi connectivity index (χ1n) is 5.32. The SMILES string of the molecule is CSc1ccc(CN(C)C(=O)c2nn[nH]n2)cc1. The molecule has 0 aliphatic carbocycles. The average molecular weight is 263 g/mol. The zero-order valence-electron chi connectivity index (χ0n) is 10.1. The molecule has 0 atom stereocenters. The molecule has 6 nitrogen and oxygen atoms in total. The molecule has 1 heterocycles. The molecule has 2 rings (SSSR count). The number of carbonyl (C=O) groups is 1. The molecule has 0 saturated heterocycles. The predicted molar refractivity (Wildman–Crippen MR) is 68.2 cm³/mol. The van der Waals surface area contributed by atoms with Crippen LogP contribution in [0, 0.1) is 0 Å². The fourth-order valence-corrected chi connectivity index (χ4v) is 1.91. The Labute approximate surface area is 109 Å². The van der Waals surface area contributed by atoms with E-state index in [4.69, 9.17) is 0 Å². The Hall–Kier alpha value is -1.89. The van der Waals surface area contributed by atoms with Crippen LogP contribution in [0.25, 0.3) is 0 Å². The summed E-state index contributed by atoms with van der Waals surface area (Å²) in [5.74, 6) is -0.170. The van der Waals surface area contributed by atoms with Gasteiger partial charge in [-0.3, -0.25) is 4.79 Å². The lowest BCUT2D eigenvalue weighted by Crippen LogP contribution is -2.27. The summed E-state index contributed by atoms with van der Waals surface area (Å²) in [6.45, 7) is 0.516. The largest absolute Gasteiger partial charge is 0.335 e. The lowest BCUT2D eigenvalue weighted by Gasteiger charge is -2.15. The number of carbonyl (C=O) groups excluding carboxylic acids is 1. The molecule has 1 aromatic heterocycles. The average Bonchev–Trinajstić information content (AvgIpc) is 2.92. The zero-order chi connectivity index (χ0) is 13.0. The van der Waals surface area contributed by atoms with Gasteiger partial charge in [-0.2, -0.15) is 5.21 Å². The van der Waals surface area contributed by atoms with Gasteiger partial charge in [0.1, 0.15) is 0 Å². The van der Waals surface area contributed by atoms with E-state index in [0.29, 0.717) is 6.54 Å². The molecule has 2 aromatic rings. The topological polar surface area (TPSA) is 74.8 Å².